The molecule has 0 saturated carbocycles. The molecular weight excluding hydrogens is 348 g/mol. The lowest BCUT2D eigenvalue weighted by molar-refractivity contribution is -0.119. The van der Waals surface area contributed by atoms with Crippen molar-refractivity contribution in [3.05, 3.63) is 59.7 Å². The van der Waals surface area contributed by atoms with Gasteiger partial charge in [-0.05, 0) is 36.1 Å². The zero-order valence-electron chi connectivity index (χ0n) is 15.5. The summed E-state index contributed by atoms with van der Waals surface area (Å²) in [6, 6.07) is 16.0. The maximum Gasteiger partial charge on any atom is 1.00 e. The van der Waals surface area contributed by atoms with Gasteiger partial charge in [-0.2, -0.15) is 0 Å². The number of likely N-dealkylation sites (tertiary alicyclic amines) is 1. The maximum atomic E-state index is 13.2. The highest BCUT2D eigenvalue weighted by atomic mass is 35.5. The molecular formula is C21H23ClN2O2. The number of fused-ring (bicyclic) bond motifs is 2. The van der Waals surface area contributed by atoms with E-state index in [4.69, 9.17) is 0 Å². The number of hydrogen-bond acceptors (Lipinski definition) is 3. The fraction of sp³-hybridized carbons (Fsp3) is 0.286. The van der Waals surface area contributed by atoms with E-state index < -0.39 is 0 Å². The van der Waals surface area contributed by atoms with Gasteiger partial charge in [-0.3, -0.25) is 14.6 Å². The third-order valence-electron chi connectivity index (χ3n) is 4.96. The predicted molar refractivity (Wildman–Crippen MR) is 102 cm³/mol. The normalized spacial score (nSPS) is 17.0. The third kappa shape index (κ3) is 3.68. The summed E-state index contributed by atoms with van der Waals surface area (Å²) in [5.74, 6) is 0.0694. The summed E-state index contributed by atoms with van der Waals surface area (Å²) < 4.78 is 0. The van der Waals surface area contributed by atoms with E-state index in [-0.39, 0.29) is 25.8 Å². The van der Waals surface area contributed by atoms with Crippen molar-refractivity contribution in [1.29, 1.82) is 0 Å². The molecule has 1 amide bonds. The van der Waals surface area contributed by atoms with E-state index in [1.54, 1.807) is 0 Å². The number of carbonyl (C=O) groups excluding carboxylic acids is 1. The fourth-order valence-corrected chi connectivity index (χ4v) is 3.58. The van der Waals surface area contributed by atoms with E-state index in [0.29, 0.717) is 6.54 Å². The van der Waals surface area contributed by atoms with Crippen molar-refractivity contribution >= 4 is 29.4 Å². The Bertz CT molecular complexity index is 770. The Hall–Kier alpha value is -2.14. The first kappa shape index (κ1) is 18.6. The highest BCUT2D eigenvalue weighted by molar-refractivity contribution is 6.07. The topological polar surface area (TPSA) is 43.8 Å². The maximum absolute atomic E-state index is 13.2. The van der Waals surface area contributed by atoms with Crippen LogP contribution in [0.25, 0.3) is 12.2 Å². The van der Waals surface area contributed by atoms with Gasteiger partial charge < -0.3 is 17.5 Å². The molecule has 1 fully saturated rings. The van der Waals surface area contributed by atoms with Crippen molar-refractivity contribution < 1.29 is 23.7 Å². The van der Waals surface area contributed by atoms with Gasteiger partial charge in [0, 0.05) is 13.1 Å². The number of rotatable bonds is 2. The van der Waals surface area contributed by atoms with E-state index in [2.05, 4.69) is 17.1 Å². The molecule has 0 unspecified atom stereocenters. The quantitative estimate of drug-likeness (QED) is 0.832. The van der Waals surface area contributed by atoms with Crippen LogP contribution in [0.4, 0.5) is 11.4 Å². The van der Waals surface area contributed by atoms with E-state index in [0.717, 1.165) is 48.4 Å². The first-order valence-electron chi connectivity index (χ1n) is 8.82. The minimum Gasteiger partial charge on any atom is -1.00 e. The van der Waals surface area contributed by atoms with Gasteiger partial charge in [0.1, 0.15) is 0 Å². The second-order valence-corrected chi connectivity index (χ2v) is 6.69. The molecule has 2 heterocycles. The molecule has 26 heavy (non-hydrogen) atoms. The molecule has 0 radical (unpaired) electrons. The van der Waals surface area contributed by atoms with Gasteiger partial charge in [0.25, 0.3) is 0 Å². The molecule has 2 aliphatic heterocycles. The summed E-state index contributed by atoms with van der Waals surface area (Å²) >= 11 is 0. The van der Waals surface area contributed by atoms with Crippen LogP contribution in [0.15, 0.2) is 48.5 Å². The van der Waals surface area contributed by atoms with Crippen molar-refractivity contribution in [3.63, 3.8) is 0 Å². The van der Waals surface area contributed by atoms with Gasteiger partial charge in [0.05, 0.1) is 24.0 Å². The van der Waals surface area contributed by atoms with E-state index in [9.17, 15) is 9.90 Å². The molecule has 0 aromatic heterocycles. The number of anilines is 2. The molecule has 0 spiro atoms. The summed E-state index contributed by atoms with van der Waals surface area (Å²) in [5, 5.41) is 9.68. The monoisotopic (exact) mass is 370 g/mol. The van der Waals surface area contributed by atoms with Gasteiger partial charge in [-0.15, -0.1) is 0 Å². The number of nitrogens with zero attached hydrogens (tertiary/aromatic N) is 2. The van der Waals surface area contributed by atoms with Crippen LogP contribution in [0.2, 0.25) is 0 Å². The minimum absolute atomic E-state index is 0. The Morgan fingerprint density at radius 1 is 0.962 bits per heavy atom. The van der Waals surface area contributed by atoms with Crippen LogP contribution in [0.1, 0.15) is 25.4 Å². The van der Waals surface area contributed by atoms with E-state index in [1.807, 2.05) is 53.4 Å². The first-order valence-corrected chi connectivity index (χ1v) is 8.82. The molecule has 2 aromatic rings. The summed E-state index contributed by atoms with van der Waals surface area (Å²) in [5.41, 5.74) is 3.93. The number of halogens is 1. The Morgan fingerprint density at radius 2 is 1.46 bits per heavy atom. The number of amides is 1. The van der Waals surface area contributed by atoms with Crippen LogP contribution in [0, 0.1) is 0 Å². The smallest absolute Gasteiger partial charge is 1.00 e. The molecule has 1 N–H and O–H groups in total. The number of piperidine rings is 1. The van der Waals surface area contributed by atoms with Crippen LogP contribution in [-0.2, 0) is 4.79 Å². The molecule has 0 aliphatic carbocycles. The van der Waals surface area contributed by atoms with Crippen molar-refractivity contribution in [1.82, 2.24) is 4.90 Å². The number of carbonyl (C=O) groups is 1. The Kier molecular flexibility index (Phi) is 5.77. The number of para-hydroxylation sites is 2. The highest BCUT2D eigenvalue weighted by Gasteiger charge is 2.26. The van der Waals surface area contributed by atoms with Crippen molar-refractivity contribution in [2.45, 2.75) is 18.9 Å². The first-order chi connectivity index (χ1) is 12.2. The highest BCUT2D eigenvalue weighted by Crippen LogP contribution is 2.36. The van der Waals surface area contributed by atoms with Crippen molar-refractivity contribution in [3.8, 4) is 0 Å². The van der Waals surface area contributed by atoms with Crippen LogP contribution in [0.5, 0.6) is 0 Å². The van der Waals surface area contributed by atoms with Crippen LogP contribution in [-0.4, -0.2) is 41.7 Å². The molecule has 1 saturated heterocycles. The minimum atomic E-state index is -0.227. The number of hydrogen-bond donors (Lipinski definition) is 1. The molecule has 2 aromatic carbocycles. The van der Waals surface area contributed by atoms with Crippen molar-refractivity contribution in [2.24, 2.45) is 0 Å². The second-order valence-electron chi connectivity index (χ2n) is 6.69. The number of aliphatic hydroxyl groups excluding tert-OH is 1. The zero-order valence-corrected chi connectivity index (χ0v) is 15.3. The van der Waals surface area contributed by atoms with Crippen LogP contribution < -0.4 is 17.3 Å². The standard InChI is InChI=1S/C21H22N2O2.ClH/c24-18-11-13-22(14-12-18)15-21(25)23-19-7-3-1-5-16(19)9-10-17-6-2-4-8-20(17)23;/h1-10,18,24H,11-15H2;1H. The summed E-state index contributed by atoms with van der Waals surface area (Å²) in [6.07, 6.45) is 5.39. The molecule has 0 atom stereocenters. The van der Waals surface area contributed by atoms with Gasteiger partial charge >= 0.3 is 1.43 Å². The molecule has 4 rings (SSSR count). The summed E-state index contributed by atoms with van der Waals surface area (Å²) in [4.78, 5) is 17.2. The van der Waals surface area contributed by atoms with Crippen molar-refractivity contribution in [2.75, 3.05) is 24.5 Å². The number of benzene rings is 2. The second kappa shape index (κ2) is 8.04. The Morgan fingerprint density at radius 3 is 2.00 bits per heavy atom. The molecule has 2 aliphatic rings. The lowest BCUT2D eigenvalue weighted by Crippen LogP contribution is -3.00. The summed E-state index contributed by atoms with van der Waals surface area (Å²) in [7, 11) is 0. The zero-order chi connectivity index (χ0) is 17.2. The fourth-order valence-electron chi connectivity index (χ4n) is 3.58. The SMILES string of the molecule is O=C(CN1CCC(O)CC1)N1c2ccccc2C=Cc2ccccc21.[Cl-].[H+]. The van der Waals surface area contributed by atoms with Gasteiger partial charge in [0.2, 0.25) is 5.91 Å². The van der Waals surface area contributed by atoms with E-state index >= 15 is 0 Å². The van der Waals surface area contributed by atoms with E-state index in [1.165, 1.54) is 0 Å². The summed E-state index contributed by atoms with van der Waals surface area (Å²) in [6.45, 7) is 1.90. The van der Waals surface area contributed by atoms with Gasteiger partial charge in [0.15, 0.2) is 0 Å². The molecule has 0 bridgehead atoms. The lowest BCUT2D eigenvalue weighted by atomic mass is 10.1. The predicted octanol–water partition coefficient (Wildman–Crippen LogP) is 0.408. The molecule has 4 nitrogen and oxygen atoms in total. The Balaban J connectivity index is 0.00000131. The van der Waals surface area contributed by atoms with Crippen LogP contribution in [0.3, 0.4) is 0 Å². The molecule has 5 heteroatoms. The van der Waals surface area contributed by atoms with Gasteiger partial charge in [-0.1, -0.05) is 48.6 Å². The average Bonchev–Trinajstić information content (AvgIpc) is 2.80. The van der Waals surface area contributed by atoms with Gasteiger partial charge in [-0.25, -0.2) is 0 Å². The Labute approximate surface area is 161 Å². The third-order valence-corrected chi connectivity index (χ3v) is 4.96. The largest absolute Gasteiger partial charge is 1.00 e. The molecule has 136 valence electrons. The average molecular weight is 371 g/mol. The van der Waals surface area contributed by atoms with Crippen LogP contribution >= 0.6 is 0 Å². The number of aliphatic hydroxyl groups is 1. The lowest BCUT2D eigenvalue weighted by Gasteiger charge is -2.32.